The number of carbonyl (C=O) groups is 2. The van der Waals surface area contributed by atoms with Gasteiger partial charge in [0, 0.05) is 23.6 Å². The zero-order chi connectivity index (χ0) is 24.2. The molecular weight excluding hydrogens is 428 g/mol. The molecule has 0 aliphatic carbocycles. The van der Waals surface area contributed by atoms with Crippen molar-refractivity contribution in [1.29, 1.82) is 0 Å². The molecule has 6 heteroatoms. The summed E-state index contributed by atoms with van der Waals surface area (Å²) in [5, 5.41) is 11.2. The van der Waals surface area contributed by atoms with E-state index in [9.17, 15) is 14.7 Å². The fourth-order valence-corrected chi connectivity index (χ4v) is 3.98. The number of ether oxygens (including phenoxy) is 1. The van der Waals surface area contributed by atoms with Gasteiger partial charge in [0.1, 0.15) is 11.5 Å². The first kappa shape index (κ1) is 23.2. The lowest BCUT2D eigenvalue weighted by molar-refractivity contribution is -0.132. The fraction of sp³-hybridized carbons (Fsp3) is 0.250. The summed E-state index contributed by atoms with van der Waals surface area (Å²) in [5.74, 6) is -0.560. The third-order valence-electron chi connectivity index (χ3n) is 5.80. The Morgan fingerprint density at radius 2 is 1.65 bits per heavy atom. The van der Waals surface area contributed by atoms with Crippen LogP contribution in [0.25, 0.3) is 5.76 Å². The minimum atomic E-state index is -0.771. The molecule has 0 radical (unpaired) electrons. The number of ketones is 1. The second-order valence-corrected chi connectivity index (χ2v) is 8.70. The number of amides is 1. The smallest absolute Gasteiger partial charge is 0.300 e. The first-order valence-corrected chi connectivity index (χ1v) is 11.4. The SMILES string of the molecule is CCc1ccc(N2C(=O)C(=O)/C(=C(\O)c3ccc(OCC(C)C)cc3)C2c2ccncc2)cc1. The van der Waals surface area contributed by atoms with Crippen LogP contribution < -0.4 is 9.64 Å². The van der Waals surface area contributed by atoms with Gasteiger partial charge in [-0.1, -0.05) is 32.9 Å². The highest BCUT2D eigenvalue weighted by molar-refractivity contribution is 6.51. The van der Waals surface area contributed by atoms with Crippen LogP contribution in [-0.4, -0.2) is 28.4 Å². The predicted octanol–water partition coefficient (Wildman–Crippen LogP) is 5.31. The number of aryl methyl sites for hydroxylation is 1. The third kappa shape index (κ3) is 4.57. The van der Waals surface area contributed by atoms with Crippen LogP contribution in [0.5, 0.6) is 5.75 Å². The molecule has 0 saturated carbocycles. The van der Waals surface area contributed by atoms with E-state index >= 15 is 0 Å². The molecule has 1 amide bonds. The van der Waals surface area contributed by atoms with Crippen LogP contribution in [-0.2, 0) is 16.0 Å². The predicted molar refractivity (Wildman–Crippen MR) is 132 cm³/mol. The number of aliphatic hydroxyl groups excluding tert-OH is 1. The molecule has 1 atom stereocenters. The second-order valence-electron chi connectivity index (χ2n) is 8.70. The number of aliphatic hydroxyl groups is 1. The van der Waals surface area contributed by atoms with Gasteiger partial charge in [-0.05, 0) is 72.0 Å². The summed E-state index contributed by atoms with van der Waals surface area (Å²) in [6.07, 6.45) is 4.08. The molecule has 1 unspecified atom stereocenters. The zero-order valence-electron chi connectivity index (χ0n) is 19.6. The molecular formula is C28H28N2O4. The summed E-state index contributed by atoms with van der Waals surface area (Å²) in [5.41, 5.74) is 2.90. The van der Waals surface area contributed by atoms with Gasteiger partial charge in [0.05, 0.1) is 18.2 Å². The van der Waals surface area contributed by atoms with Crippen molar-refractivity contribution in [3.05, 3.63) is 95.3 Å². The van der Waals surface area contributed by atoms with Crippen LogP contribution in [0, 0.1) is 5.92 Å². The topological polar surface area (TPSA) is 79.7 Å². The van der Waals surface area contributed by atoms with E-state index in [4.69, 9.17) is 4.74 Å². The van der Waals surface area contributed by atoms with E-state index < -0.39 is 17.7 Å². The quantitative estimate of drug-likeness (QED) is 0.296. The number of pyridine rings is 1. The summed E-state index contributed by atoms with van der Waals surface area (Å²) < 4.78 is 5.72. The van der Waals surface area contributed by atoms with Gasteiger partial charge in [0.15, 0.2) is 0 Å². The molecule has 3 aromatic rings. The number of hydrogen-bond donors (Lipinski definition) is 1. The molecule has 0 spiro atoms. The van der Waals surface area contributed by atoms with Crippen LogP contribution in [0.15, 0.2) is 78.6 Å². The molecule has 1 aromatic heterocycles. The van der Waals surface area contributed by atoms with Crippen LogP contribution in [0.4, 0.5) is 5.69 Å². The van der Waals surface area contributed by atoms with E-state index in [0.717, 1.165) is 12.0 Å². The van der Waals surface area contributed by atoms with Gasteiger partial charge in [-0.25, -0.2) is 0 Å². The minimum Gasteiger partial charge on any atom is -0.507 e. The monoisotopic (exact) mass is 456 g/mol. The average Bonchev–Trinajstić information content (AvgIpc) is 3.13. The van der Waals surface area contributed by atoms with Crippen LogP contribution in [0.2, 0.25) is 0 Å². The van der Waals surface area contributed by atoms with Crippen molar-refractivity contribution in [1.82, 2.24) is 4.98 Å². The van der Waals surface area contributed by atoms with Crippen molar-refractivity contribution < 1.29 is 19.4 Å². The van der Waals surface area contributed by atoms with E-state index in [0.29, 0.717) is 35.1 Å². The molecule has 174 valence electrons. The molecule has 0 bridgehead atoms. The standard InChI is InChI=1S/C28H28N2O4/c1-4-19-5-9-22(10-6-19)30-25(20-13-15-29-16-14-20)24(27(32)28(30)33)26(31)21-7-11-23(12-8-21)34-17-18(2)3/h5-16,18,25,31H,4,17H2,1-3H3/b26-24-. The highest BCUT2D eigenvalue weighted by atomic mass is 16.5. The second kappa shape index (κ2) is 9.91. The van der Waals surface area contributed by atoms with E-state index in [1.54, 1.807) is 48.8 Å². The van der Waals surface area contributed by atoms with Crippen molar-refractivity contribution >= 4 is 23.1 Å². The van der Waals surface area contributed by atoms with Crippen LogP contribution in [0.1, 0.15) is 43.5 Å². The molecule has 6 nitrogen and oxygen atoms in total. The average molecular weight is 457 g/mol. The molecule has 1 saturated heterocycles. The first-order chi connectivity index (χ1) is 16.4. The first-order valence-electron chi connectivity index (χ1n) is 11.4. The Bertz CT molecular complexity index is 1200. The van der Waals surface area contributed by atoms with Crippen molar-refractivity contribution in [2.45, 2.75) is 33.2 Å². The number of rotatable bonds is 7. The highest BCUT2D eigenvalue weighted by Crippen LogP contribution is 2.42. The number of Topliss-reactive ketones (excluding diaryl/α,β-unsaturated/α-hetero) is 1. The van der Waals surface area contributed by atoms with Gasteiger partial charge in [-0.3, -0.25) is 19.5 Å². The Balaban J connectivity index is 1.79. The van der Waals surface area contributed by atoms with E-state index in [1.807, 2.05) is 24.3 Å². The van der Waals surface area contributed by atoms with Gasteiger partial charge in [0.2, 0.25) is 0 Å². The molecule has 2 aromatic carbocycles. The summed E-state index contributed by atoms with van der Waals surface area (Å²) in [4.78, 5) is 31.9. The van der Waals surface area contributed by atoms with E-state index in [2.05, 4.69) is 25.8 Å². The van der Waals surface area contributed by atoms with Gasteiger partial charge >= 0.3 is 0 Å². The molecule has 1 fully saturated rings. The maximum atomic E-state index is 13.2. The Labute approximate surface area is 199 Å². The Kier molecular flexibility index (Phi) is 6.77. The van der Waals surface area contributed by atoms with Crippen molar-refractivity contribution in [3.63, 3.8) is 0 Å². The van der Waals surface area contributed by atoms with E-state index in [-0.39, 0.29) is 11.3 Å². The minimum absolute atomic E-state index is 0.0478. The van der Waals surface area contributed by atoms with Gasteiger partial charge in [-0.2, -0.15) is 0 Å². The van der Waals surface area contributed by atoms with Gasteiger partial charge in [-0.15, -0.1) is 0 Å². The largest absolute Gasteiger partial charge is 0.507 e. The van der Waals surface area contributed by atoms with Crippen molar-refractivity contribution in [2.75, 3.05) is 11.5 Å². The number of nitrogens with zero attached hydrogens (tertiary/aromatic N) is 2. The maximum Gasteiger partial charge on any atom is 0.300 e. The molecule has 1 aliphatic rings. The number of carbonyl (C=O) groups excluding carboxylic acids is 2. The van der Waals surface area contributed by atoms with E-state index in [1.165, 1.54) is 4.90 Å². The van der Waals surface area contributed by atoms with Gasteiger partial charge < -0.3 is 9.84 Å². The number of aromatic nitrogens is 1. The van der Waals surface area contributed by atoms with Crippen molar-refractivity contribution in [3.8, 4) is 5.75 Å². The van der Waals surface area contributed by atoms with Crippen LogP contribution >= 0.6 is 0 Å². The molecule has 1 aliphatic heterocycles. The lowest BCUT2D eigenvalue weighted by Crippen LogP contribution is -2.29. The highest BCUT2D eigenvalue weighted by Gasteiger charge is 2.46. The molecule has 34 heavy (non-hydrogen) atoms. The third-order valence-corrected chi connectivity index (χ3v) is 5.80. The lowest BCUT2D eigenvalue weighted by atomic mass is 9.95. The zero-order valence-corrected chi connectivity index (χ0v) is 19.6. The summed E-state index contributed by atoms with van der Waals surface area (Å²) in [7, 11) is 0. The molecule has 2 heterocycles. The maximum absolute atomic E-state index is 13.2. The molecule has 1 N–H and O–H groups in total. The Morgan fingerprint density at radius 1 is 1.00 bits per heavy atom. The fourth-order valence-electron chi connectivity index (χ4n) is 3.98. The summed E-state index contributed by atoms with van der Waals surface area (Å²) >= 11 is 0. The Hall–Kier alpha value is -3.93. The summed E-state index contributed by atoms with van der Waals surface area (Å²) in [6, 6.07) is 17.2. The molecule has 4 rings (SSSR count). The normalized spacial score (nSPS) is 17.4. The van der Waals surface area contributed by atoms with Crippen molar-refractivity contribution in [2.24, 2.45) is 5.92 Å². The number of hydrogen-bond acceptors (Lipinski definition) is 5. The summed E-state index contributed by atoms with van der Waals surface area (Å²) in [6.45, 7) is 6.76. The number of anilines is 1. The lowest BCUT2D eigenvalue weighted by Gasteiger charge is -2.25. The number of benzene rings is 2. The Morgan fingerprint density at radius 3 is 2.24 bits per heavy atom. The van der Waals surface area contributed by atoms with Gasteiger partial charge in [0.25, 0.3) is 11.7 Å². The van der Waals surface area contributed by atoms with Crippen LogP contribution in [0.3, 0.4) is 0 Å².